The van der Waals surface area contributed by atoms with Gasteiger partial charge in [0.15, 0.2) is 5.78 Å². The molecular formula is C29H39F3N2O4. The Hall–Kier alpha value is -2.71. The molecule has 1 saturated carbocycles. The molecule has 0 bridgehead atoms. The Kier molecular flexibility index (Phi) is 8.21. The molecule has 38 heavy (non-hydrogen) atoms. The number of Topliss-reactive ketones (excluding diaryl/α,β-unsaturated/α-hetero) is 2. The summed E-state index contributed by atoms with van der Waals surface area (Å²) in [6.07, 6.45) is -0.715. The van der Waals surface area contributed by atoms with Crippen molar-refractivity contribution < 1.29 is 32.3 Å². The molecule has 3 atom stereocenters. The smallest absolute Gasteiger partial charge is 0.433 e. The molecule has 3 rings (SSSR count). The van der Waals surface area contributed by atoms with Gasteiger partial charge in [-0.05, 0) is 75.8 Å². The molecule has 2 aliphatic rings. The van der Waals surface area contributed by atoms with Crippen LogP contribution in [0.4, 0.5) is 18.0 Å². The minimum atomic E-state index is -4.63. The number of piperidine rings is 1. The Morgan fingerprint density at radius 1 is 1.16 bits per heavy atom. The van der Waals surface area contributed by atoms with Crippen molar-refractivity contribution in [3.63, 3.8) is 0 Å². The normalized spacial score (nSPS) is 23.1. The Morgan fingerprint density at radius 2 is 1.82 bits per heavy atom. The first-order valence-corrected chi connectivity index (χ1v) is 13.1. The largest absolute Gasteiger partial charge is 0.444 e. The van der Waals surface area contributed by atoms with Crippen molar-refractivity contribution in [3.8, 4) is 0 Å². The fraction of sp³-hybridized carbons (Fsp3) is 0.655. The molecule has 0 unspecified atom stereocenters. The number of rotatable bonds is 10. The van der Waals surface area contributed by atoms with E-state index in [1.54, 1.807) is 33.8 Å². The van der Waals surface area contributed by atoms with Gasteiger partial charge in [-0.3, -0.25) is 14.5 Å². The van der Waals surface area contributed by atoms with Gasteiger partial charge in [0.25, 0.3) is 0 Å². The second-order valence-corrected chi connectivity index (χ2v) is 12.7. The van der Waals surface area contributed by atoms with Crippen LogP contribution in [0.3, 0.4) is 0 Å². The number of ether oxygens (including phenoxy) is 1. The fourth-order valence-corrected chi connectivity index (χ4v) is 5.51. The highest BCUT2D eigenvalue weighted by Crippen LogP contribution is 2.62. The molecule has 1 saturated heterocycles. The number of carbonyl (C=O) groups is 3. The first-order chi connectivity index (χ1) is 17.4. The highest BCUT2D eigenvalue weighted by Gasteiger charge is 2.67. The van der Waals surface area contributed by atoms with Crippen LogP contribution in [0.1, 0.15) is 90.1 Å². The number of hydrogen-bond donors (Lipinski definition) is 0. The molecule has 6 nitrogen and oxygen atoms in total. The molecule has 210 valence electrons. The predicted molar refractivity (Wildman–Crippen MR) is 137 cm³/mol. The van der Waals surface area contributed by atoms with Crippen molar-refractivity contribution in [1.82, 2.24) is 9.88 Å². The molecule has 1 aromatic rings. The SMILES string of the molecule is C=CCC(C)(C)CC(=O)CC[C@@]12C[C@@H](C(=O)Cc3nc(C(F)(F)F)ccc3C)N(C(=O)OC(C)(C)C)[C@@H]1C2. The second-order valence-electron chi connectivity index (χ2n) is 12.7. The molecule has 1 aliphatic heterocycles. The van der Waals surface area contributed by atoms with Gasteiger partial charge in [0.05, 0.1) is 18.2 Å². The molecule has 2 heterocycles. The summed E-state index contributed by atoms with van der Waals surface area (Å²) in [6, 6.07) is 1.11. The number of nitrogens with zero attached hydrogens (tertiary/aromatic N) is 2. The summed E-state index contributed by atoms with van der Waals surface area (Å²) >= 11 is 0. The number of amides is 1. The second kappa shape index (κ2) is 10.5. The lowest BCUT2D eigenvalue weighted by Crippen LogP contribution is -2.46. The zero-order chi connectivity index (χ0) is 28.7. The summed E-state index contributed by atoms with van der Waals surface area (Å²) in [4.78, 5) is 44.6. The fourth-order valence-electron chi connectivity index (χ4n) is 5.51. The summed E-state index contributed by atoms with van der Waals surface area (Å²) in [5.41, 5.74) is -1.88. The molecule has 1 aliphatic carbocycles. The Bertz CT molecular complexity index is 1110. The number of aryl methyl sites for hydroxylation is 1. The van der Waals surface area contributed by atoms with E-state index in [-0.39, 0.29) is 40.6 Å². The summed E-state index contributed by atoms with van der Waals surface area (Å²) < 4.78 is 45.2. The monoisotopic (exact) mass is 536 g/mol. The highest BCUT2D eigenvalue weighted by molar-refractivity contribution is 5.90. The van der Waals surface area contributed by atoms with Crippen LogP contribution in [0.15, 0.2) is 24.8 Å². The highest BCUT2D eigenvalue weighted by atomic mass is 19.4. The lowest BCUT2D eigenvalue weighted by Gasteiger charge is -2.30. The van der Waals surface area contributed by atoms with Crippen LogP contribution in [0.2, 0.25) is 0 Å². The number of hydrogen-bond acceptors (Lipinski definition) is 5. The number of pyridine rings is 1. The van der Waals surface area contributed by atoms with Gasteiger partial charge in [-0.1, -0.05) is 26.0 Å². The molecule has 1 amide bonds. The van der Waals surface area contributed by atoms with Crippen LogP contribution in [0.5, 0.6) is 0 Å². The average Bonchev–Trinajstić information content (AvgIpc) is 3.35. The van der Waals surface area contributed by atoms with E-state index in [1.807, 2.05) is 13.8 Å². The Labute approximate surface area is 223 Å². The summed E-state index contributed by atoms with van der Waals surface area (Å²) in [5.74, 6) is -0.255. The molecule has 1 aromatic heterocycles. The summed E-state index contributed by atoms with van der Waals surface area (Å²) in [6.45, 7) is 14.6. The van der Waals surface area contributed by atoms with Crippen molar-refractivity contribution >= 4 is 17.7 Å². The maximum Gasteiger partial charge on any atom is 0.433 e. The van der Waals surface area contributed by atoms with Crippen LogP contribution in [0, 0.1) is 17.8 Å². The van der Waals surface area contributed by atoms with E-state index in [4.69, 9.17) is 4.74 Å². The number of aromatic nitrogens is 1. The Balaban J connectivity index is 1.79. The third-order valence-corrected chi connectivity index (χ3v) is 7.50. The first kappa shape index (κ1) is 29.8. The van der Waals surface area contributed by atoms with E-state index in [0.29, 0.717) is 37.7 Å². The van der Waals surface area contributed by atoms with Crippen molar-refractivity contribution in [2.75, 3.05) is 0 Å². The molecular weight excluding hydrogens is 497 g/mol. The number of ketones is 2. The van der Waals surface area contributed by atoms with Crippen molar-refractivity contribution in [3.05, 3.63) is 41.7 Å². The topological polar surface area (TPSA) is 76.6 Å². The molecule has 9 heteroatoms. The maximum absolute atomic E-state index is 13.5. The minimum absolute atomic E-state index is 0.0446. The Morgan fingerprint density at radius 3 is 2.39 bits per heavy atom. The molecule has 0 radical (unpaired) electrons. The number of likely N-dealkylation sites (tertiary alicyclic amines) is 1. The first-order valence-electron chi connectivity index (χ1n) is 13.1. The maximum atomic E-state index is 13.5. The van der Waals surface area contributed by atoms with Gasteiger partial charge < -0.3 is 4.74 Å². The van der Waals surface area contributed by atoms with Crippen molar-refractivity contribution in [2.24, 2.45) is 10.8 Å². The van der Waals surface area contributed by atoms with E-state index < -0.39 is 29.6 Å². The van der Waals surface area contributed by atoms with E-state index in [2.05, 4.69) is 11.6 Å². The van der Waals surface area contributed by atoms with Gasteiger partial charge >= 0.3 is 12.3 Å². The van der Waals surface area contributed by atoms with Gasteiger partial charge in [0, 0.05) is 18.9 Å². The molecule has 0 N–H and O–H groups in total. The quantitative estimate of drug-likeness (QED) is 0.314. The number of alkyl halides is 3. The van der Waals surface area contributed by atoms with E-state index >= 15 is 0 Å². The lowest BCUT2D eigenvalue weighted by atomic mass is 9.82. The van der Waals surface area contributed by atoms with E-state index in [1.165, 1.54) is 11.0 Å². The number of carbonyl (C=O) groups excluding carboxylic acids is 3. The van der Waals surface area contributed by atoms with Gasteiger partial charge in [0.1, 0.15) is 17.1 Å². The number of allylic oxidation sites excluding steroid dienone is 1. The predicted octanol–water partition coefficient (Wildman–Crippen LogP) is 6.63. The summed E-state index contributed by atoms with van der Waals surface area (Å²) in [5, 5.41) is 0. The zero-order valence-electron chi connectivity index (χ0n) is 23.2. The molecule has 0 spiro atoms. The zero-order valence-corrected chi connectivity index (χ0v) is 23.2. The average molecular weight is 537 g/mol. The van der Waals surface area contributed by atoms with Crippen LogP contribution in [-0.2, 0) is 26.9 Å². The lowest BCUT2D eigenvalue weighted by molar-refractivity contribution is -0.141. The number of fused-ring (bicyclic) bond motifs is 1. The molecule has 2 fully saturated rings. The van der Waals surface area contributed by atoms with Gasteiger partial charge in [-0.25, -0.2) is 9.78 Å². The van der Waals surface area contributed by atoms with Crippen LogP contribution in [-0.4, -0.2) is 45.2 Å². The van der Waals surface area contributed by atoms with Gasteiger partial charge in [-0.15, -0.1) is 6.58 Å². The summed E-state index contributed by atoms with van der Waals surface area (Å²) in [7, 11) is 0. The van der Waals surface area contributed by atoms with E-state index in [0.717, 1.165) is 12.5 Å². The van der Waals surface area contributed by atoms with Crippen molar-refractivity contribution in [2.45, 2.75) is 110 Å². The third kappa shape index (κ3) is 7.03. The number of halogens is 3. The van der Waals surface area contributed by atoms with Crippen molar-refractivity contribution in [1.29, 1.82) is 0 Å². The van der Waals surface area contributed by atoms with Gasteiger partial charge in [0.2, 0.25) is 0 Å². The van der Waals surface area contributed by atoms with Crippen LogP contribution < -0.4 is 0 Å². The molecule has 0 aromatic carbocycles. The van der Waals surface area contributed by atoms with E-state index in [9.17, 15) is 27.6 Å². The van der Waals surface area contributed by atoms with Gasteiger partial charge in [-0.2, -0.15) is 13.2 Å². The van der Waals surface area contributed by atoms with Crippen LogP contribution in [0.25, 0.3) is 0 Å². The van der Waals surface area contributed by atoms with Crippen LogP contribution >= 0.6 is 0 Å². The minimum Gasteiger partial charge on any atom is -0.444 e. The third-order valence-electron chi connectivity index (χ3n) is 7.50. The standard InChI is InChI=1S/C29H39F3N2O4/c1-8-12-27(6,7)15-19(35)11-13-28-16-21(34(24(28)17-28)25(37)38-26(3,4)5)22(36)14-20-18(2)9-10-23(33-20)29(30,31)32/h8-10,21,24H,1,11-17H2,2-7H3/t21-,24+,28-/m0/s1.